The maximum atomic E-state index is 12.7. The van der Waals surface area contributed by atoms with E-state index in [9.17, 15) is 36.0 Å². The molecule has 1 atom stereocenters. The molecule has 0 aromatic carbocycles. The van der Waals surface area contributed by atoms with Crippen molar-refractivity contribution in [3.63, 3.8) is 0 Å². The van der Waals surface area contributed by atoms with E-state index in [1.807, 2.05) is 0 Å². The quantitative estimate of drug-likeness (QED) is 0.602. The van der Waals surface area contributed by atoms with Crippen LogP contribution >= 0.6 is 7.60 Å². The SMILES string of the molecule is CCOP(=O)(OCC)C(O)(CC(F)(F)F)C(F)(F)F. The van der Waals surface area contributed by atoms with Crippen LogP contribution in [0.15, 0.2) is 0 Å². The molecule has 0 bridgehead atoms. The number of rotatable bonds is 6. The van der Waals surface area contributed by atoms with Gasteiger partial charge in [-0.2, -0.15) is 26.3 Å². The number of hydrogen-bond acceptors (Lipinski definition) is 4. The lowest BCUT2D eigenvalue weighted by Gasteiger charge is -2.36. The summed E-state index contributed by atoms with van der Waals surface area (Å²) in [7, 11) is -5.45. The predicted molar refractivity (Wildman–Crippen MR) is 52.5 cm³/mol. The topological polar surface area (TPSA) is 55.8 Å². The second kappa shape index (κ2) is 5.99. The lowest BCUT2D eigenvalue weighted by Crippen LogP contribution is -2.49. The Labute approximate surface area is 105 Å². The molecule has 1 N–H and O–H groups in total. The number of alkyl halides is 6. The van der Waals surface area contributed by atoms with Gasteiger partial charge in [0.2, 0.25) is 0 Å². The van der Waals surface area contributed by atoms with Gasteiger partial charge in [0, 0.05) is 0 Å². The smallest absolute Gasteiger partial charge is 0.370 e. The third-order valence-corrected chi connectivity index (χ3v) is 4.47. The molecule has 0 aromatic rings. The van der Waals surface area contributed by atoms with Crippen molar-refractivity contribution in [1.29, 1.82) is 0 Å². The standard InChI is InChI=1S/C8H13F6O4P/c1-3-17-19(16,18-4-2)6(15,8(12,13)14)5-7(9,10)11/h15H,3-5H2,1-2H3. The molecule has 0 aromatic heterocycles. The molecular formula is C8H13F6O4P. The van der Waals surface area contributed by atoms with Crippen molar-refractivity contribution >= 4 is 7.60 Å². The Bertz CT molecular complexity index is 331. The van der Waals surface area contributed by atoms with Crippen LogP contribution in [0.4, 0.5) is 26.3 Å². The second-order valence-corrected chi connectivity index (χ2v) is 5.69. The first-order chi connectivity index (χ1) is 8.33. The molecule has 1 unspecified atom stereocenters. The Kier molecular flexibility index (Phi) is 5.89. The highest BCUT2D eigenvalue weighted by Crippen LogP contribution is 2.67. The fraction of sp³-hybridized carbons (Fsp3) is 1.00. The Morgan fingerprint density at radius 2 is 1.37 bits per heavy atom. The number of aliphatic hydroxyl groups is 1. The van der Waals surface area contributed by atoms with Crippen LogP contribution < -0.4 is 0 Å². The molecule has 0 heterocycles. The summed E-state index contributed by atoms with van der Waals surface area (Å²) in [6, 6.07) is 0. The average molecular weight is 318 g/mol. The third kappa shape index (κ3) is 4.34. The van der Waals surface area contributed by atoms with Gasteiger partial charge in [0.15, 0.2) is 0 Å². The van der Waals surface area contributed by atoms with Crippen LogP contribution in [0.3, 0.4) is 0 Å². The van der Waals surface area contributed by atoms with Gasteiger partial charge in [-0.05, 0) is 13.8 Å². The van der Waals surface area contributed by atoms with Crippen molar-refractivity contribution in [2.24, 2.45) is 0 Å². The van der Waals surface area contributed by atoms with Crippen LogP contribution in [0.2, 0.25) is 0 Å². The van der Waals surface area contributed by atoms with Gasteiger partial charge in [-0.15, -0.1) is 0 Å². The molecule has 11 heteroatoms. The fourth-order valence-corrected chi connectivity index (χ4v) is 3.09. The zero-order valence-corrected chi connectivity index (χ0v) is 10.9. The van der Waals surface area contributed by atoms with Gasteiger partial charge in [-0.25, -0.2) is 0 Å². The van der Waals surface area contributed by atoms with E-state index in [4.69, 9.17) is 0 Å². The summed E-state index contributed by atoms with van der Waals surface area (Å²) in [4.78, 5) is 0. The minimum atomic E-state index is -5.83. The minimum Gasteiger partial charge on any atom is -0.370 e. The first-order valence-corrected chi connectivity index (χ1v) is 6.62. The Hall–Kier alpha value is -0.310. The molecular weight excluding hydrogens is 305 g/mol. The molecule has 0 saturated heterocycles. The maximum Gasteiger partial charge on any atom is 0.429 e. The van der Waals surface area contributed by atoms with Crippen LogP contribution in [0.5, 0.6) is 0 Å². The lowest BCUT2D eigenvalue weighted by atomic mass is 10.2. The van der Waals surface area contributed by atoms with E-state index in [1.165, 1.54) is 0 Å². The number of hydrogen-bond donors (Lipinski definition) is 1. The molecule has 116 valence electrons. The van der Waals surface area contributed by atoms with Gasteiger partial charge in [0.05, 0.1) is 19.6 Å². The van der Waals surface area contributed by atoms with Gasteiger partial charge in [-0.3, -0.25) is 4.57 Å². The van der Waals surface area contributed by atoms with E-state index >= 15 is 0 Å². The first-order valence-electron chi connectivity index (χ1n) is 5.08. The van der Waals surface area contributed by atoms with Crippen molar-refractivity contribution in [2.75, 3.05) is 13.2 Å². The highest BCUT2D eigenvalue weighted by atomic mass is 31.2. The maximum absolute atomic E-state index is 12.7. The molecule has 0 aliphatic carbocycles. The van der Waals surface area contributed by atoms with E-state index in [2.05, 4.69) is 9.05 Å². The summed E-state index contributed by atoms with van der Waals surface area (Å²) in [5.74, 6) is 0. The zero-order chi connectivity index (χ0) is 15.5. The monoisotopic (exact) mass is 318 g/mol. The van der Waals surface area contributed by atoms with E-state index < -0.39 is 44.9 Å². The molecule has 0 radical (unpaired) electrons. The van der Waals surface area contributed by atoms with Crippen molar-refractivity contribution in [1.82, 2.24) is 0 Å². The van der Waals surface area contributed by atoms with Gasteiger partial charge in [0.1, 0.15) is 0 Å². The van der Waals surface area contributed by atoms with Crippen LogP contribution in [-0.4, -0.2) is 36.0 Å². The van der Waals surface area contributed by atoms with E-state index in [0.29, 0.717) is 0 Å². The highest BCUT2D eigenvalue weighted by Gasteiger charge is 2.70. The van der Waals surface area contributed by atoms with Crippen molar-refractivity contribution in [3.8, 4) is 0 Å². The second-order valence-electron chi connectivity index (χ2n) is 3.44. The summed E-state index contributed by atoms with van der Waals surface area (Å²) in [5.41, 5.74) is 0. The van der Waals surface area contributed by atoms with Gasteiger partial charge in [0.25, 0.3) is 5.34 Å². The summed E-state index contributed by atoms with van der Waals surface area (Å²) in [6.07, 6.45) is -14.0. The number of halogens is 6. The summed E-state index contributed by atoms with van der Waals surface area (Å²) in [6.45, 7) is 0.979. The molecule has 4 nitrogen and oxygen atoms in total. The average Bonchev–Trinajstić information content (AvgIpc) is 2.13. The lowest BCUT2D eigenvalue weighted by molar-refractivity contribution is -0.267. The fourth-order valence-electron chi connectivity index (χ4n) is 1.22. The summed E-state index contributed by atoms with van der Waals surface area (Å²) < 4.78 is 94.9. The third-order valence-electron chi connectivity index (χ3n) is 1.95. The van der Waals surface area contributed by atoms with Crippen molar-refractivity contribution in [2.45, 2.75) is 38.0 Å². The van der Waals surface area contributed by atoms with Crippen molar-refractivity contribution < 1.29 is 45.1 Å². The summed E-state index contributed by atoms with van der Waals surface area (Å²) >= 11 is 0. The molecule has 0 rings (SSSR count). The zero-order valence-electron chi connectivity index (χ0n) is 10.0. The van der Waals surface area contributed by atoms with E-state index in [0.717, 1.165) is 13.8 Å². The molecule has 0 amide bonds. The van der Waals surface area contributed by atoms with Crippen LogP contribution in [0.1, 0.15) is 20.3 Å². The van der Waals surface area contributed by atoms with E-state index in [-0.39, 0.29) is 0 Å². The Morgan fingerprint density at radius 3 is 1.58 bits per heavy atom. The summed E-state index contributed by atoms with van der Waals surface area (Å²) in [5, 5.41) is 4.67. The minimum absolute atomic E-state index is 0.618. The normalized spacial score (nSPS) is 17.3. The predicted octanol–water partition coefficient (Wildman–Crippen LogP) is 3.46. The molecule has 0 saturated carbocycles. The van der Waals surface area contributed by atoms with Crippen molar-refractivity contribution in [3.05, 3.63) is 0 Å². The van der Waals surface area contributed by atoms with Crippen LogP contribution in [0.25, 0.3) is 0 Å². The Morgan fingerprint density at radius 1 is 1.00 bits per heavy atom. The Balaban J connectivity index is 5.75. The molecule has 0 aliphatic rings. The van der Waals surface area contributed by atoms with Gasteiger partial charge in [-0.1, -0.05) is 0 Å². The van der Waals surface area contributed by atoms with Gasteiger partial charge < -0.3 is 14.2 Å². The van der Waals surface area contributed by atoms with Gasteiger partial charge >= 0.3 is 19.9 Å². The van der Waals surface area contributed by atoms with Crippen LogP contribution in [-0.2, 0) is 13.6 Å². The van der Waals surface area contributed by atoms with Crippen LogP contribution in [0, 0.1) is 0 Å². The molecule has 0 spiro atoms. The van der Waals surface area contributed by atoms with E-state index in [1.54, 1.807) is 0 Å². The highest BCUT2D eigenvalue weighted by molar-refractivity contribution is 7.55. The molecule has 0 aliphatic heterocycles. The largest absolute Gasteiger partial charge is 0.429 e. The first kappa shape index (κ1) is 18.7. The molecule has 0 fully saturated rings. The molecule has 19 heavy (non-hydrogen) atoms.